The summed E-state index contributed by atoms with van der Waals surface area (Å²) in [6.07, 6.45) is 0.507. The molecule has 0 saturated carbocycles. The Bertz CT molecular complexity index is 155. The van der Waals surface area contributed by atoms with Gasteiger partial charge in [0, 0.05) is 0 Å². The highest BCUT2D eigenvalue weighted by Crippen LogP contribution is 1.75. The number of alkyl carbamates (subject to hydrolysis) is 1. The van der Waals surface area contributed by atoms with Crippen LogP contribution in [0.3, 0.4) is 0 Å². The molecule has 0 saturated heterocycles. The summed E-state index contributed by atoms with van der Waals surface area (Å²) < 4.78 is 4.33. The number of urea groups is 1. The van der Waals surface area contributed by atoms with E-state index >= 15 is 0 Å². The molecule has 10 heavy (non-hydrogen) atoms. The number of carbonyl (C=O) groups is 2. The predicted molar refractivity (Wildman–Crippen MR) is 34.3 cm³/mol. The second kappa shape index (κ2) is 4.37. The summed E-state index contributed by atoms with van der Waals surface area (Å²) in [5.74, 6) is 0. The normalized spacial score (nSPS) is 8.00. The maximum atomic E-state index is 10.3. The molecule has 0 aliphatic carbocycles. The number of nitrogens with two attached hydrogens (primary N) is 1. The van der Waals surface area contributed by atoms with Crippen LogP contribution in [0.15, 0.2) is 12.7 Å². The number of primary amides is 1. The molecule has 0 aromatic carbocycles. The summed E-state index contributed by atoms with van der Waals surface area (Å²) in [6, 6.07) is -0.936. The molecule has 5 heteroatoms. The van der Waals surface area contributed by atoms with Crippen molar-refractivity contribution in [3.8, 4) is 0 Å². The number of imide groups is 1. The largest absolute Gasteiger partial charge is 0.445 e. The zero-order valence-corrected chi connectivity index (χ0v) is 5.29. The highest BCUT2D eigenvalue weighted by atomic mass is 16.5. The van der Waals surface area contributed by atoms with Crippen LogP contribution in [0.25, 0.3) is 0 Å². The molecule has 3 N–H and O–H groups in total. The lowest BCUT2D eigenvalue weighted by Gasteiger charge is -1.98. The molecule has 3 amide bonds. The zero-order chi connectivity index (χ0) is 7.98. The van der Waals surface area contributed by atoms with Gasteiger partial charge in [0.05, 0.1) is 0 Å². The molecule has 5 nitrogen and oxygen atoms in total. The molecule has 0 spiro atoms. The molecule has 0 atom stereocenters. The second-order valence-corrected chi connectivity index (χ2v) is 1.38. The Morgan fingerprint density at radius 2 is 2.30 bits per heavy atom. The zero-order valence-electron chi connectivity index (χ0n) is 5.29. The van der Waals surface area contributed by atoms with Gasteiger partial charge in [-0.05, 0) is 0 Å². The maximum Gasteiger partial charge on any atom is 0.415 e. The number of amides is 3. The third-order valence-corrected chi connectivity index (χ3v) is 0.558. The topological polar surface area (TPSA) is 81.4 Å². The number of rotatable bonds is 2. The lowest BCUT2D eigenvalue weighted by Crippen LogP contribution is -2.35. The first-order chi connectivity index (χ1) is 4.66. The van der Waals surface area contributed by atoms with Crippen molar-refractivity contribution in [2.24, 2.45) is 5.73 Å². The molecule has 56 valence electrons. The second-order valence-electron chi connectivity index (χ2n) is 1.38. The van der Waals surface area contributed by atoms with Crippen LogP contribution in [0.5, 0.6) is 0 Å². The average Bonchev–Trinajstić information content (AvgIpc) is 1.82. The third kappa shape index (κ3) is 4.63. The quantitative estimate of drug-likeness (QED) is 0.534. The van der Waals surface area contributed by atoms with E-state index in [1.807, 2.05) is 0 Å². The smallest absolute Gasteiger partial charge is 0.415 e. The lowest BCUT2D eigenvalue weighted by molar-refractivity contribution is 0.159. The van der Waals surface area contributed by atoms with Gasteiger partial charge in [0.15, 0.2) is 0 Å². The van der Waals surface area contributed by atoms with Crippen LogP contribution < -0.4 is 11.1 Å². The summed E-state index contributed by atoms with van der Waals surface area (Å²) in [5, 5.41) is 1.71. The summed E-state index contributed by atoms with van der Waals surface area (Å²) in [4.78, 5) is 20.3. The van der Waals surface area contributed by atoms with Crippen LogP contribution in [0.1, 0.15) is 0 Å². The van der Waals surface area contributed by atoms with Crippen molar-refractivity contribution in [1.82, 2.24) is 5.32 Å². The minimum atomic E-state index is -0.936. The van der Waals surface area contributed by atoms with Gasteiger partial charge in [0.1, 0.15) is 6.61 Å². The van der Waals surface area contributed by atoms with Gasteiger partial charge in [-0.15, -0.1) is 0 Å². The first-order valence-corrected chi connectivity index (χ1v) is 2.51. The van der Waals surface area contributed by atoms with Gasteiger partial charge in [0.2, 0.25) is 0 Å². The highest BCUT2D eigenvalue weighted by molar-refractivity contribution is 5.89. The Hall–Kier alpha value is -1.52. The number of ether oxygens (including phenoxy) is 1. The Balaban J connectivity index is 3.43. The van der Waals surface area contributed by atoms with Crippen molar-refractivity contribution in [3.05, 3.63) is 12.7 Å². The van der Waals surface area contributed by atoms with Crippen LogP contribution in [0, 0.1) is 0 Å². The molecular formula is C5H8N2O3. The average molecular weight is 144 g/mol. The molecule has 0 bridgehead atoms. The molecule has 0 unspecified atom stereocenters. The number of hydrogen-bond donors (Lipinski definition) is 2. The first kappa shape index (κ1) is 8.48. The number of carbonyl (C=O) groups excluding carboxylic acids is 2. The Morgan fingerprint density at radius 1 is 1.70 bits per heavy atom. The van der Waals surface area contributed by atoms with E-state index in [9.17, 15) is 9.59 Å². The van der Waals surface area contributed by atoms with Crippen molar-refractivity contribution in [3.63, 3.8) is 0 Å². The van der Waals surface area contributed by atoms with Crippen molar-refractivity contribution in [1.29, 1.82) is 0 Å². The van der Waals surface area contributed by atoms with E-state index in [1.54, 1.807) is 5.32 Å². The molecule has 0 aliphatic heterocycles. The third-order valence-electron chi connectivity index (χ3n) is 0.558. The first-order valence-electron chi connectivity index (χ1n) is 2.51. The van der Waals surface area contributed by atoms with E-state index in [-0.39, 0.29) is 6.61 Å². The van der Waals surface area contributed by atoms with E-state index in [0.717, 1.165) is 0 Å². The fourth-order valence-corrected chi connectivity index (χ4v) is 0.271. The molecule has 0 rings (SSSR count). The minimum absolute atomic E-state index is 0.0547. The van der Waals surface area contributed by atoms with Gasteiger partial charge in [-0.3, -0.25) is 0 Å². The van der Waals surface area contributed by atoms with E-state index in [2.05, 4.69) is 17.0 Å². The van der Waals surface area contributed by atoms with Gasteiger partial charge in [-0.25, -0.2) is 14.9 Å². The van der Waals surface area contributed by atoms with E-state index in [0.29, 0.717) is 0 Å². The number of hydrogen-bond acceptors (Lipinski definition) is 3. The predicted octanol–water partition coefficient (Wildman–Crippen LogP) is -0.0227. The van der Waals surface area contributed by atoms with Crippen LogP contribution >= 0.6 is 0 Å². The monoisotopic (exact) mass is 144 g/mol. The van der Waals surface area contributed by atoms with Crippen LogP contribution in [0.2, 0.25) is 0 Å². The molecular weight excluding hydrogens is 136 g/mol. The Morgan fingerprint density at radius 3 is 2.70 bits per heavy atom. The van der Waals surface area contributed by atoms with E-state index in [4.69, 9.17) is 0 Å². The minimum Gasteiger partial charge on any atom is -0.445 e. The fourth-order valence-electron chi connectivity index (χ4n) is 0.271. The van der Waals surface area contributed by atoms with Crippen LogP contribution in [0.4, 0.5) is 9.59 Å². The molecule has 0 aromatic heterocycles. The van der Waals surface area contributed by atoms with Gasteiger partial charge >= 0.3 is 12.1 Å². The van der Waals surface area contributed by atoms with Gasteiger partial charge < -0.3 is 10.5 Å². The van der Waals surface area contributed by atoms with E-state index < -0.39 is 12.1 Å². The fraction of sp³-hybridized carbons (Fsp3) is 0.200. The Kier molecular flexibility index (Phi) is 3.70. The molecule has 0 fully saturated rings. The molecule has 0 heterocycles. The van der Waals surface area contributed by atoms with E-state index in [1.165, 1.54) is 6.08 Å². The summed E-state index contributed by atoms with van der Waals surface area (Å²) in [5.41, 5.74) is 4.59. The van der Waals surface area contributed by atoms with Gasteiger partial charge in [-0.2, -0.15) is 0 Å². The number of nitrogens with one attached hydrogen (secondary N) is 1. The standard InChI is InChI=1S/C5H8N2O3/c1-2-3-10-5(9)7-4(6)8/h2H,1,3H2,(H3,6,7,8,9). The maximum absolute atomic E-state index is 10.3. The van der Waals surface area contributed by atoms with Crippen molar-refractivity contribution < 1.29 is 14.3 Å². The highest BCUT2D eigenvalue weighted by Gasteiger charge is 2.01. The molecule has 0 aromatic rings. The Labute approximate surface area is 57.8 Å². The molecule has 0 radical (unpaired) electrons. The summed E-state index contributed by atoms with van der Waals surface area (Å²) >= 11 is 0. The van der Waals surface area contributed by atoms with Gasteiger partial charge in [-0.1, -0.05) is 12.7 Å². The molecule has 0 aliphatic rings. The van der Waals surface area contributed by atoms with Crippen LogP contribution in [-0.4, -0.2) is 18.7 Å². The van der Waals surface area contributed by atoms with Crippen molar-refractivity contribution >= 4 is 12.1 Å². The van der Waals surface area contributed by atoms with Crippen molar-refractivity contribution in [2.45, 2.75) is 0 Å². The lowest BCUT2D eigenvalue weighted by atomic mass is 10.7. The van der Waals surface area contributed by atoms with Gasteiger partial charge in [0.25, 0.3) is 0 Å². The summed E-state index contributed by atoms with van der Waals surface area (Å²) in [7, 11) is 0. The summed E-state index contributed by atoms with van der Waals surface area (Å²) in [6.45, 7) is 3.35. The van der Waals surface area contributed by atoms with Crippen LogP contribution in [-0.2, 0) is 4.74 Å². The van der Waals surface area contributed by atoms with Crippen molar-refractivity contribution in [2.75, 3.05) is 6.61 Å². The SMILES string of the molecule is C=CCOC(=O)NC(N)=O.